The number of hydrogen-bond donors (Lipinski definition) is 0. The Bertz CT molecular complexity index is 243. The Balaban J connectivity index is 2.85. The van der Waals surface area contributed by atoms with Crippen LogP contribution in [0, 0.1) is 13.8 Å². The maximum absolute atomic E-state index is 3.56. The summed E-state index contributed by atoms with van der Waals surface area (Å²) >= 11 is 3.56. The molecular formula is C11H15Br. The summed E-state index contributed by atoms with van der Waals surface area (Å²) in [6, 6.07) is 6.72. The zero-order chi connectivity index (χ0) is 9.14. The van der Waals surface area contributed by atoms with Gasteiger partial charge < -0.3 is 0 Å². The van der Waals surface area contributed by atoms with E-state index in [1.165, 1.54) is 16.7 Å². The Morgan fingerprint density at radius 1 is 1.17 bits per heavy atom. The van der Waals surface area contributed by atoms with Crippen molar-refractivity contribution < 1.29 is 0 Å². The van der Waals surface area contributed by atoms with E-state index >= 15 is 0 Å². The van der Waals surface area contributed by atoms with Crippen molar-refractivity contribution >= 4 is 15.9 Å². The highest BCUT2D eigenvalue weighted by Gasteiger charge is 1.99. The molecule has 1 heteroatoms. The first-order valence-corrected chi connectivity index (χ1v) is 5.21. The van der Waals surface area contributed by atoms with Crippen LogP contribution in [0.5, 0.6) is 0 Å². The largest absolute Gasteiger partial charge is 0.0890 e. The fourth-order valence-electron chi connectivity index (χ4n) is 1.51. The van der Waals surface area contributed by atoms with Crippen molar-refractivity contribution in [1.29, 1.82) is 0 Å². The molecule has 1 atom stereocenters. The molecule has 1 aromatic rings. The van der Waals surface area contributed by atoms with Gasteiger partial charge in [-0.3, -0.25) is 0 Å². The molecule has 0 heterocycles. The number of halogens is 1. The summed E-state index contributed by atoms with van der Waals surface area (Å²) in [5.41, 5.74) is 4.15. The predicted molar refractivity (Wildman–Crippen MR) is 58.0 cm³/mol. The van der Waals surface area contributed by atoms with Gasteiger partial charge in [-0.05, 0) is 25.8 Å². The summed E-state index contributed by atoms with van der Waals surface area (Å²) in [6.45, 7) is 6.47. The minimum absolute atomic E-state index is 0.568. The Morgan fingerprint density at radius 3 is 2.08 bits per heavy atom. The molecule has 0 nitrogen and oxygen atoms in total. The first-order chi connectivity index (χ1) is 5.58. The molecule has 1 rings (SSSR count). The van der Waals surface area contributed by atoms with Gasteiger partial charge in [0.2, 0.25) is 0 Å². The third-order valence-corrected chi connectivity index (χ3v) is 2.12. The molecule has 0 radical (unpaired) electrons. The number of hydrogen-bond acceptors (Lipinski definition) is 0. The van der Waals surface area contributed by atoms with Crippen molar-refractivity contribution in [2.75, 3.05) is 0 Å². The smallest absolute Gasteiger partial charge is 0.0157 e. The minimum Gasteiger partial charge on any atom is -0.0890 e. The zero-order valence-electron chi connectivity index (χ0n) is 7.89. The van der Waals surface area contributed by atoms with Crippen molar-refractivity contribution in [3.63, 3.8) is 0 Å². The summed E-state index contributed by atoms with van der Waals surface area (Å²) < 4.78 is 0. The van der Waals surface area contributed by atoms with E-state index < -0.39 is 0 Å². The van der Waals surface area contributed by atoms with Gasteiger partial charge in [-0.15, -0.1) is 0 Å². The molecule has 0 saturated carbocycles. The number of rotatable bonds is 2. The summed E-state index contributed by atoms with van der Waals surface area (Å²) in [5.74, 6) is 0. The van der Waals surface area contributed by atoms with Crippen LogP contribution in [0.1, 0.15) is 23.6 Å². The molecule has 0 aromatic heterocycles. The van der Waals surface area contributed by atoms with Crippen molar-refractivity contribution in [3.8, 4) is 0 Å². The molecule has 0 bridgehead atoms. The monoisotopic (exact) mass is 226 g/mol. The molecule has 66 valence electrons. The van der Waals surface area contributed by atoms with Crippen LogP contribution in [0.3, 0.4) is 0 Å². The average Bonchev–Trinajstić information content (AvgIpc) is 1.81. The molecule has 0 amide bonds. The maximum Gasteiger partial charge on any atom is 0.0157 e. The first-order valence-electron chi connectivity index (χ1n) is 4.29. The molecule has 1 unspecified atom stereocenters. The second-order valence-corrected chi connectivity index (χ2v) is 5.04. The summed E-state index contributed by atoms with van der Waals surface area (Å²) in [7, 11) is 0. The van der Waals surface area contributed by atoms with E-state index in [4.69, 9.17) is 0 Å². The Hall–Kier alpha value is -0.300. The number of benzene rings is 1. The summed E-state index contributed by atoms with van der Waals surface area (Å²) in [5, 5.41) is 0. The van der Waals surface area contributed by atoms with Gasteiger partial charge in [0.05, 0.1) is 0 Å². The SMILES string of the molecule is Cc1cc(C)cc(CC(C)Br)c1. The molecule has 1 aromatic carbocycles. The molecule has 0 fully saturated rings. The van der Waals surface area contributed by atoms with E-state index in [1.54, 1.807) is 0 Å². The van der Waals surface area contributed by atoms with E-state index in [0.717, 1.165) is 6.42 Å². The Labute approximate surface area is 83.1 Å². The van der Waals surface area contributed by atoms with Crippen LogP contribution >= 0.6 is 15.9 Å². The average molecular weight is 227 g/mol. The molecule has 0 aliphatic heterocycles. The van der Waals surface area contributed by atoms with Crippen LogP contribution in [0.4, 0.5) is 0 Å². The van der Waals surface area contributed by atoms with Gasteiger partial charge in [0.1, 0.15) is 0 Å². The fourth-order valence-corrected chi connectivity index (χ4v) is 1.89. The van der Waals surface area contributed by atoms with Crippen LogP contribution in [0.2, 0.25) is 0 Å². The van der Waals surface area contributed by atoms with Gasteiger partial charge >= 0.3 is 0 Å². The van der Waals surface area contributed by atoms with Crippen LogP contribution in [-0.2, 0) is 6.42 Å². The highest BCUT2D eigenvalue weighted by Crippen LogP contribution is 2.13. The van der Waals surface area contributed by atoms with Gasteiger partial charge in [0.15, 0.2) is 0 Å². The predicted octanol–water partition coefficient (Wildman–Crippen LogP) is 3.63. The van der Waals surface area contributed by atoms with E-state index in [0.29, 0.717) is 4.83 Å². The summed E-state index contributed by atoms with van der Waals surface area (Å²) in [4.78, 5) is 0.568. The van der Waals surface area contributed by atoms with E-state index in [9.17, 15) is 0 Å². The van der Waals surface area contributed by atoms with Crippen LogP contribution < -0.4 is 0 Å². The lowest BCUT2D eigenvalue weighted by Crippen LogP contribution is -1.97. The number of alkyl halides is 1. The third kappa shape index (κ3) is 2.98. The van der Waals surface area contributed by atoms with Gasteiger partial charge in [-0.2, -0.15) is 0 Å². The molecular weight excluding hydrogens is 212 g/mol. The second kappa shape index (κ2) is 4.08. The second-order valence-electron chi connectivity index (χ2n) is 3.48. The van der Waals surface area contributed by atoms with Crippen LogP contribution in [0.25, 0.3) is 0 Å². The van der Waals surface area contributed by atoms with Gasteiger partial charge in [0.25, 0.3) is 0 Å². The summed E-state index contributed by atoms with van der Waals surface area (Å²) in [6.07, 6.45) is 1.11. The quantitative estimate of drug-likeness (QED) is 0.677. The van der Waals surface area contributed by atoms with E-state index in [-0.39, 0.29) is 0 Å². The first kappa shape index (κ1) is 9.79. The van der Waals surface area contributed by atoms with Gasteiger partial charge in [-0.1, -0.05) is 52.2 Å². The van der Waals surface area contributed by atoms with E-state index in [2.05, 4.69) is 54.9 Å². The lowest BCUT2D eigenvalue weighted by Gasteiger charge is -2.05. The molecule has 0 spiro atoms. The van der Waals surface area contributed by atoms with E-state index in [1.807, 2.05) is 0 Å². The van der Waals surface area contributed by atoms with Gasteiger partial charge in [-0.25, -0.2) is 0 Å². The zero-order valence-corrected chi connectivity index (χ0v) is 9.48. The molecule has 0 saturated heterocycles. The Kier molecular flexibility index (Phi) is 3.33. The maximum atomic E-state index is 3.56. The van der Waals surface area contributed by atoms with Crippen LogP contribution in [0.15, 0.2) is 18.2 Å². The topological polar surface area (TPSA) is 0 Å². The van der Waals surface area contributed by atoms with Crippen molar-refractivity contribution in [1.82, 2.24) is 0 Å². The molecule has 0 aliphatic rings. The van der Waals surface area contributed by atoms with Crippen molar-refractivity contribution in [2.45, 2.75) is 32.0 Å². The van der Waals surface area contributed by atoms with Crippen molar-refractivity contribution in [3.05, 3.63) is 34.9 Å². The Morgan fingerprint density at radius 2 is 1.67 bits per heavy atom. The van der Waals surface area contributed by atoms with Crippen molar-refractivity contribution in [2.24, 2.45) is 0 Å². The molecule has 0 aliphatic carbocycles. The normalized spacial score (nSPS) is 13.0. The van der Waals surface area contributed by atoms with Crippen LogP contribution in [-0.4, -0.2) is 4.83 Å². The third-order valence-electron chi connectivity index (χ3n) is 1.80. The standard InChI is InChI=1S/C11H15Br/c1-8-4-9(2)6-11(5-8)7-10(3)12/h4-6,10H,7H2,1-3H3. The molecule has 0 N–H and O–H groups in total. The minimum atomic E-state index is 0.568. The fraction of sp³-hybridized carbons (Fsp3) is 0.455. The van der Waals surface area contributed by atoms with Gasteiger partial charge in [0, 0.05) is 4.83 Å². The lowest BCUT2D eigenvalue weighted by atomic mass is 10.0. The highest BCUT2D eigenvalue weighted by atomic mass is 79.9. The number of aryl methyl sites for hydroxylation is 2. The molecule has 12 heavy (non-hydrogen) atoms. The highest BCUT2D eigenvalue weighted by molar-refractivity contribution is 9.09. The lowest BCUT2D eigenvalue weighted by molar-refractivity contribution is 0.955.